The molecule has 2 atom stereocenters. The number of piperidine rings is 1. The first kappa shape index (κ1) is 16.2. The quantitative estimate of drug-likeness (QED) is 0.728. The van der Waals surface area contributed by atoms with Crippen LogP contribution in [0.15, 0.2) is 36.9 Å². The van der Waals surface area contributed by atoms with Gasteiger partial charge in [-0.2, -0.15) is 0 Å². The molecule has 0 aliphatic carbocycles. The Kier molecular flexibility index (Phi) is 5.72. The van der Waals surface area contributed by atoms with Crippen molar-refractivity contribution < 1.29 is 9.59 Å². The van der Waals surface area contributed by atoms with E-state index in [0.29, 0.717) is 23.7 Å². The van der Waals surface area contributed by atoms with Crippen LogP contribution in [0.25, 0.3) is 0 Å². The Bertz CT molecular complexity index is 539. The first-order valence-corrected chi connectivity index (χ1v) is 7.63. The zero-order valence-corrected chi connectivity index (χ0v) is 12.9. The molecule has 1 aliphatic heterocycles. The highest BCUT2D eigenvalue weighted by molar-refractivity contribution is 5.97. The summed E-state index contributed by atoms with van der Waals surface area (Å²) in [5, 5.41) is 8.84. The predicted octanol–water partition coefficient (Wildman–Crippen LogP) is 1.93. The van der Waals surface area contributed by atoms with Gasteiger partial charge < -0.3 is 16.0 Å². The molecule has 0 radical (unpaired) electrons. The summed E-state index contributed by atoms with van der Waals surface area (Å²) in [4.78, 5) is 24.0. The maximum absolute atomic E-state index is 12.2. The van der Waals surface area contributed by atoms with E-state index in [4.69, 9.17) is 0 Å². The maximum Gasteiger partial charge on any atom is 0.251 e. The third kappa shape index (κ3) is 4.43. The van der Waals surface area contributed by atoms with Gasteiger partial charge in [0.2, 0.25) is 5.91 Å². The highest BCUT2D eigenvalue weighted by atomic mass is 16.2. The fraction of sp³-hybridized carbons (Fsp3) is 0.412. The van der Waals surface area contributed by atoms with E-state index in [1.165, 1.54) is 0 Å². The molecule has 5 heteroatoms. The Morgan fingerprint density at radius 2 is 2.09 bits per heavy atom. The van der Waals surface area contributed by atoms with Gasteiger partial charge in [0.1, 0.15) is 0 Å². The van der Waals surface area contributed by atoms with Gasteiger partial charge >= 0.3 is 0 Å². The van der Waals surface area contributed by atoms with Crippen LogP contribution in [0.5, 0.6) is 0 Å². The Labute approximate surface area is 131 Å². The van der Waals surface area contributed by atoms with Crippen LogP contribution < -0.4 is 16.0 Å². The Morgan fingerprint density at radius 1 is 1.36 bits per heavy atom. The van der Waals surface area contributed by atoms with Crippen LogP contribution in [0, 0.1) is 5.92 Å². The van der Waals surface area contributed by atoms with Crippen LogP contribution in [0.4, 0.5) is 5.69 Å². The van der Waals surface area contributed by atoms with Crippen molar-refractivity contribution in [3.05, 3.63) is 42.5 Å². The fourth-order valence-electron chi connectivity index (χ4n) is 2.51. The molecular formula is C17H23N3O2. The minimum atomic E-state index is -0.152. The van der Waals surface area contributed by atoms with Crippen LogP contribution in [-0.2, 0) is 4.79 Å². The normalized spacial score (nSPS) is 21.0. The summed E-state index contributed by atoms with van der Waals surface area (Å²) in [5.74, 6) is 0.392. The van der Waals surface area contributed by atoms with Crippen molar-refractivity contribution in [3.63, 3.8) is 0 Å². The van der Waals surface area contributed by atoms with Gasteiger partial charge in [-0.1, -0.05) is 13.0 Å². The summed E-state index contributed by atoms with van der Waals surface area (Å²) >= 11 is 0. The largest absolute Gasteiger partial charge is 0.349 e. The summed E-state index contributed by atoms with van der Waals surface area (Å²) in [5.41, 5.74) is 1.26. The molecule has 0 bridgehead atoms. The second kappa shape index (κ2) is 7.75. The van der Waals surface area contributed by atoms with E-state index in [1.807, 2.05) is 0 Å². The van der Waals surface area contributed by atoms with Gasteiger partial charge in [0, 0.05) is 17.8 Å². The molecule has 1 aliphatic rings. The molecular weight excluding hydrogens is 278 g/mol. The molecule has 2 amide bonds. The van der Waals surface area contributed by atoms with Gasteiger partial charge in [-0.3, -0.25) is 9.59 Å². The second-order valence-electron chi connectivity index (χ2n) is 5.70. The van der Waals surface area contributed by atoms with Gasteiger partial charge in [0.25, 0.3) is 5.91 Å². The number of nitrogens with one attached hydrogen (secondary N) is 3. The summed E-state index contributed by atoms with van der Waals surface area (Å²) in [6.07, 6.45) is 3.59. The molecule has 2 unspecified atom stereocenters. The molecule has 5 nitrogen and oxygen atoms in total. The van der Waals surface area contributed by atoms with E-state index >= 15 is 0 Å². The smallest absolute Gasteiger partial charge is 0.251 e. The Hall–Kier alpha value is -2.14. The highest BCUT2D eigenvalue weighted by Crippen LogP contribution is 2.17. The lowest BCUT2D eigenvalue weighted by molar-refractivity contribution is -0.119. The van der Waals surface area contributed by atoms with E-state index in [9.17, 15) is 9.59 Å². The molecule has 0 spiro atoms. The first-order valence-electron chi connectivity index (χ1n) is 7.63. The SMILES string of the molecule is C=CCNC(=O)c1ccc(NC(=O)C2CC(C)CCN2)cc1. The Morgan fingerprint density at radius 3 is 2.73 bits per heavy atom. The van der Waals surface area contributed by atoms with Crippen molar-refractivity contribution in [2.24, 2.45) is 5.92 Å². The van der Waals surface area contributed by atoms with Crippen molar-refractivity contribution in [1.29, 1.82) is 0 Å². The standard InChI is InChI=1S/C17H23N3O2/c1-3-9-19-16(21)13-4-6-14(7-5-13)20-17(22)15-11-12(2)8-10-18-15/h3-7,12,15,18H,1,8-11H2,2H3,(H,19,21)(H,20,22). The van der Waals surface area contributed by atoms with E-state index in [2.05, 4.69) is 29.5 Å². The Balaban J connectivity index is 1.91. The first-order chi connectivity index (χ1) is 10.6. The number of carbonyl (C=O) groups excluding carboxylic acids is 2. The van der Waals surface area contributed by atoms with E-state index in [1.54, 1.807) is 30.3 Å². The molecule has 0 aromatic heterocycles. The number of rotatable bonds is 5. The van der Waals surface area contributed by atoms with Gasteiger partial charge in [0.15, 0.2) is 0 Å². The minimum Gasteiger partial charge on any atom is -0.349 e. The van der Waals surface area contributed by atoms with E-state index in [-0.39, 0.29) is 17.9 Å². The number of amides is 2. The molecule has 0 saturated carbocycles. The second-order valence-corrected chi connectivity index (χ2v) is 5.70. The molecule has 2 rings (SSSR count). The molecule has 118 valence electrons. The highest BCUT2D eigenvalue weighted by Gasteiger charge is 2.24. The lowest BCUT2D eigenvalue weighted by atomic mass is 9.94. The number of hydrogen-bond donors (Lipinski definition) is 3. The number of anilines is 1. The lowest BCUT2D eigenvalue weighted by Gasteiger charge is -2.27. The summed E-state index contributed by atoms with van der Waals surface area (Å²) in [6, 6.07) is 6.75. The summed E-state index contributed by atoms with van der Waals surface area (Å²) in [7, 11) is 0. The number of carbonyl (C=O) groups is 2. The van der Waals surface area contributed by atoms with Crippen LogP contribution >= 0.6 is 0 Å². The van der Waals surface area contributed by atoms with Crippen LogP contribution in [0.2, 0.25) is 0 Å². The van der Waals surface area contributed by atoms with Crippen LogP contribution in [-0.4, -0.2) is 30.9 Å². The van der Waals surface area contributed by atoms with Gasteiger partial charge in [-0.25, -0.2) is 0 Å². The van der Waals surface area contributed by atoms with Gasteiger partial charge in [-0.15, -0.1) is 6.58 Å². The topological polar surface area (TPSA) is 70.2 Å². The van der Waals surface area contributed by atoms with E-state index < -0.39 is 0 Å². The predicted molar refractivity (Wildman–Crippen MR) is 87.8 cm³/mol. The molecule has 1 aromatic carbocycles. The van der Waals surface area contributed by atoms with Crippen molar-refractivity contribution in [3.8, 4) is 0 Å². The summed E-state index contributed by atoms with van der Waals surface area (Å²) in [6.45, 7) is 7.03. The van der Waals surface area contributed by atoms with Crippen molar-refractivity contribution in [2.75, 3.05) is 18.4 Å². The average Bonchev–Trinajstić information content (AvgIpc) is 2.53. The third-order valence-electron chi connectivity index (χ3n) is 3.80. The number of benzene rings is 1. The van der Waals surface area contributed by atoms with E-state index in [0.717, 1.165) is 19.4 Å². The summed E-state index contributed by atoms with van der Waals surface area (Å²) < 4.78 is 0. The zero-order valence-electron chi connectivity index (χ0n) is 12.9. The monoisotopic (exact) mass is 301 g/mol. The van der Waals surface area contributed by atoms with Gasteiger partial charge in [0.05, 0.1) is 6.04 Å². The molecule has 1 heterocycles. The van der Waals surface area contributed by atoms with Crippen molar-refractivity contribution in [2.45, 2.75) is 25.8 Å². The van der Waals surface area contributed by atoms with Gasteiger partial charge in [-0.05, 0) is 49.6 Å². The lowest BCUT2D eigenvalue weighted by Crippen LogP contribution is -2.45. The third-order valence-corrected chi connectivity index (χ3v) is 3.80. The fourth-order valence-corrected chi connectivity index (χ4v) is 2.51. The van der Waals surface area contributed by atoms with Crippen molar-refractivity contribution in [1.82, 2.24) is 10.6 Å². The molecule has 22 heavy (non-hydrogen) atoms. The molecule has 3 N–H and O–H groups in total. The average molecular weight is 301 g/mol. The minimum absolute atomic E-state index is 0.0181. The van der Waals surface area contributed by atoms with Crippen LogP contribution in [0.3, 0.4) is 0 Å². The van der Waals surface area contributed by atoms with Crippen LogP contribution in [0.1, 0.15) is 30.1 Å². The van der Waals surface area contributed by atoms with Crippen molar-refractivity contribution >= 4 is 17.5 Å². The number of hydrogen-bond acceptors (Lipinski definition) is 3. The molecule has 1 aromatic rings. The molecule has 1 saturated heterocycles. The maximum atomic E-state index is 12.2. The zero-order chi connectivity index (χ0) is 15.9. The molecule has 1 fully saturated rings.